The van der Waals surface area contributed by atoms with Crippen molar-refractivity contribution in [2.45, 2.75) is 6.92 Å². The maximum absolute atomic E-state index is 12.1. The fourth-order valence-electron chi connectivity index (χ4n) is 2.48. The van der Waals surface area contributed by atoms with Crippen molar-refractivity contribution in [1.82, 2.24) is 15.0 Å². The largest absolute Gasteiger partial charge is 0.326 e. The molecule has 0 fully saturated rings. The first-order valence-corrected chi connectivity index (χ1v) is 7.48. The molecular weight excluding hydrogens is 322 g/mol. The van der Waals surface area contributed by atoms with Gasteiger partial charge in [0.1, 0.15) is 5.71 Å². The number of aryl methyl sites for hydroxylation is 1. The van der Waals surface area contributed by atoms with Crippen LogP contribution in [-0.4, -0.2) is 26.1 Å². The van der Waals surface area contributed by atoms with Gasteiger partial charge in [-0.05, 0) is 25.1 Å². The molecule has 0 unspecified atom stereocenters. The molecule has 0 spiro atoms. The first-order chi connectivity index (χ1) is 12.0. The van der Waals surface area contributed by atoms with E-state index in [4.69, 9.17) is 0 Å². The van der Waals surface area contributed by atoms with E-state index < -0.39 is 10.8 Å². The number of aromatic nitrogens is 2. The van der Waals surface area contributed by atoms with Gasteiger partial charge in [0, 0.05) is 24.7 Å². The van der Waals surface area contributed by atoms with Crippen molar-refractivity contribution < 1.29 is 9.72 Å². The second kappa shape index (κ2) is 6.52. The van der Waals surface area contributed by atoms with Crippen molar-refractivity contribution in [2.75, 3.05) is 0 Å². The van der Waals surface area contributed by atoms with Gasteiger partial charge in [0.15, 0.2) is 5.82 Å². The van der Waals surface area contributed by atoms with Crippen molar-refractivity contribution in [1.29, 1.82) is 0 Å². The molecule has 0 aliphatic rings. The van der Waals surface area contributed by atoms with Crippen molar-refractivity contribution in [2.24, 2.45) is 12.1 Å². The van der Waals surface area contributed by atoms with Gasteiger partial charge in [0.2, 0.25) is 0 Å². The zero-order valence-electron chi connectivity index (χ0n) is 13.6. The Hall–Kier alpha value is -3.55. The van der Waals surface area contributed by atoms with Crippen LogP contribution in [0, 0.1) is 10.1 Å². The predicted molar refractivity (Wildman–Crippen MR) is 93.5 cm³/mol. The van der Waals surface area contributed by atoms with Crippen LogP contribution >= 0.6 is 0 Å². The van der Waals surface area contributed by atoms with E-state index in [-0.39, 0.29) is 11.3 Å². The van der Waals surface area contributed by atoms with E-state index in [0.717, 1.165) is 11.0 Å². The first-order valence-electron chi connectivity index (χ1n) is 7.48. The molecule has 0 saturated heterocycles. The van der Waals surface area contributed by atoms with Crippen molar-refractivity contribution in [3.8, 4) is 0 Å². The van der Waals surface area contributed by atoms with E-state index in [2.05, 4.69) is 15.5 Å². The highest BCUT2D eigenvalue weighted by Gasteiger charge is 2.13. The van der Waals surface area contributed by atoms with Crippen LogP contribution in [0.15, 0.2) is 53.6 Å². The second-order valence-corrected chi connectivity index (χ2v) is 5.43. The highest BCUT2D eigenvalue weighted by atomic mass is 16.6. The van der Waals surface area contributed by atoms with Gasteiger partial charge in [-0.3, -0.25) is 14.9 Å². The number of nitro groups is 1. The third kappa shape index (κ3) is 3.23. The molecule has 0 aliphatic heterocycles. The molecule has 8 heteroatoms. The molecule has 1 amide bonds. The maximum atomic E-state index is 12.1. The van der Waals surface area contributed by atoms with Gasteiger partial charge in [0.05, 0.1) is 16.0 Å². The third-order valence-corrected chi connectivity index (χ3v) is 3.76. The lowest BCUT2D eigenvalue weighted by atomic mass is 10.2. The third-order valence-electron chi connectivity index (χ3n) is 3.76. The SMILES string of the molecule is CC(=NNC(=O)c1cccc([N+](=O)[O-])c1)c1nc2ccccc2n1C. The lowest BCUT2D eigenvalue weighted by Gasteiger charge is -2.03. The Labute approximate surface area is 142 Å². The number of hydrazone groups is 1. The first kappa shape index (κ1) is 16.3. The minimum atomic E-state index is -0.551. The fraction of sp³-hybridized carbons (Fsp3) is 0.118. The number of carbonyl (C=O) groups excluding carboxylic acids is 1. The van der Waals surface area contributed by atoms with Crippen LogP contribution in [0.4, 0.5) is 5.69 Å². The summed E-state index contributed by atoms with van der Waals surface area (Å²) >= 11 is 0. The molecule has 25 heavy (non-hydrogen) atoms. The Morgan fingerprint density at radius 3 is 2.72 bits per heavy atom. The van der Waals surface area contributed by atoms with E-state index in [1.54, 1.807) is 6.92 Å². The van der Waals surface area contributed by atoms with Crippen LogP contribution < -0.4 is 5.43 Å². The lowest BCUT2D eigenvalue weighted by Crippen LogP contribution is -2.20. The molecule has 1 N–H and O–H groups in total. The van der Waals surface area contributed by atoms with E-state index in [1.807, 2.05) is 35.9 Å². The number of amides is 1. The number of nitrogens with one attached hydrogen (secondary N) is 1. The number of hydrogen-bond donors (Lipinski definition) is 1. The van der Waals surface area contributed by atoms with Crippen molar-refractivity contribution in [3.05, 3.63) is 70.0 Å². The number of rotatable bonds is 4. The Kier molecular flexibility index (Phi) is 4.25. The number of non-ortho nitro benzene ring substituents is 1. The lowest BCUT2D eigenvalue weighted by molar-refractivity contribution is -0.384. The quantitative estimate of drug-likeness (QED) is 0.449. The maximum Gasteiger partial charge on any atom is 0.271 e. The second-order valence-electron chi connectivity index (χ2n) is 5.43. The van der Waals surface area contributed by atoms with E-state index >= 15 is 0 Å². The Morgan fingerprint density at radius 1 is 1.24 bits per heavy atom. The number of hydrogen-bond acceptors (Lipinski definition) is 5. The Balaban J connectivity index is 1.83. The highest BCUT2D eigenvalue weighted by molar-refractivity contribution is 6.00. The van der Waals surface area contributed by atoms with Crippen LogP contribution in [0.1, 0.15) is 23.1 Å². The number of nitro benzene ring substituents is 1. The fourth-order valence-corrected chi connectivity index (χ4v) is 2.48. The molecule has 0 atom stereocenters. The van der Waals surface area contributed by atoms with Crippen LogP contribution in [-0.2, 0) is 7.05 Å². The summed E-state index contributed by atoms with van der Waals surface area (Å²) in [6.45, 7) is 1.73. The van der Waals surface area contributed by atoms with Crippen molar-refractivity contribution in [3.63, 3.8) is 0 Å². The summed E-state index contributed by atoms with van der Waals surface area (Å²) < 4.78 is 1.88. The van der Waals surface area contributed by atoms with Crippen LogP contribution in [0.25, 0.3) is 11.0 Å². The van der Waals surface area contributed by atoms with Gasteiger partial charge in [-0.1, -0.05) is 18.2 Å². The van der Waals surface area contributed by atoms with Gasteiger partial charge in [-0.25, -0.2) is 10.4 Å². The van der Waals surface area contributed by atoms with Crippen LogP contribution in [0.2, 0.25) is 0 Å². The minimum absolute atomic E-state index is 0.149. The summed E-state index contributed by atoms with van der Waals surface area (Å²) in [4.78, 5) is 26.9. The summed E-state index contributed by atoms with van der Waals surface area (Å²) in [6.07, 6.45) is 0. The number of carbonyl (C=O) groups is 1. The average Bonchev–Trinajstić information content (AvgIpc) is 2.96. The molecular formula is C17H15N5O3. The Bertz CT molecular complexity index is 1010. The molecule has 3 rings (SSSR count). The van der Waals surface area contributed by atoms with Crippen molar-refractivity contribution >= 4 is 28.3 Å². The molecule has 0 radical (unpaired) electrons. The molecule has 0 aliphatic carbocycles. The van der Waals surface area contributed by atoms with Gasteiger partial charge >= 0.3 is 0 Å². The van der Waals surface area contributed by atoms with Crippen LogP contribution in [0.5, 0.6) is 0 Å². The van der Waals surface area contributed by atoms with Gasteiger partial charge in [0.25, 0.3) is 11.6 Å². The molecule has 2 aromatic carbocycles. The van der Waals surface area contributed by atoms with E-state index in [0.29, 0.717) is 11.5 Å². The topological polar surface area (TPSA) is 102 Å². The molecule has 1 heterocycles. The summed E-state index contributed by atoms with van der Waals surface area (Å²) in [5, 5.41) is 14.9. The molecule has 8 nitrogen and oxygen atoms in total. The smallest absolute Gasteiger partial charge is 0.271 e. The summed E-state index contributed by atoms with van der Waals surface area (Å²) in [5.41, 5.74) is 4.74. The highest BCUT2D eigenvalue weighted by Crippen LogP contribution is 2.15. The monoisotopic (exact) mass is 337 g/mol. The molecule has 0 saturated carbocycles. The number of nitrogens with zero attached hydrogens (tertiary/aromatic N) is 4. The Morgan fingerprint density at radius 2 is 2.00 bits per heavy atom. The average molecular weight is 337 g/mol. The predicted octanol–water partition coefficient (Wildman–Crippen LogP) is 2.64. The van der Waals surface area contributed by atoms with Crippen LogP contribution in [0.3, 0.4) is 0 Å². The summed E-state index contributed by atoms with van der Waals surface area (Å²) in [7, 11) is 1.87. The molecule has 0 bridgehead atoms. The number of para-hydroxylation sites is 2. The number of benzene rings is 2. The minimum Gasteiger partial charge on any atom is -0.326 e. The van der Waals surface area contributed by atoms with Gasteiger partial charge in [-0.15, -0.1) is 0 Å². The standard InChI is InChI=1S/C17H15N5O3/c1-11(16-18-14-8-3-4-9-15(14)21(16)2)19-20-17(23)12-6-5-7-13(10-12)22(24)25/h3-10H,1-2H3,(H,20,23). The van der Waals surface area contributed by atoms with Gasteiger partial charge < -0.3 is 4.57 Å². The number of imidazole rings is 1. The molecule has 126 valence electrons. The normalized spacial score (nSPS) is 11.5. The zero-order chi connectivity index (χ0) is 18.0. The number of fused-ring (bicyclic) bond motifs is 1. The van der Waals surface area contributed by atoms with Gasteiger partial charge in [-0.2, -0.15) is 5.10 Å². The molecule has 3 aromatic rings. The van der Waals surface area contributed by atoms with E-state index in [1.165, 1.54) is 24.3 Å². The van der Waals surface area contributed by atoms with E-state index in [9.17, 15) is 14.9 Å². The summed E-state index contributed by atoms with van der Waals surface area (Å²) in [5.74, 6) is 0.0994. The zero-order valence-corrected chi connectivity index (χ0v) is 13.6. The summed E-state index contributed by atoms with van der Waals surface area (Å²) in [6, 6.07) is 13.1. The molecule has 1 aromatic heterocycles.